The van der Waals surface area contributed by atoms with Crippen LogP contribution in [0.15, 0.2) is 6.33 Å². The highest BCUT2D eigenvalue weighted by Gasteiger charge is 2.37. The Morgan fingerprint density at radius 3 is 2.65 bits per heavy atom. The first kappa shape index (κ1) is 10.6. The van der Waals surface area contributed by atoms with Crippen molar-refractivity contribution in [3.8, 4) is 5.75 Å². The third-order valence-corrected chi connectivity index (χ3v) is 4.04. The van der Waals surface area contributed by atoms with E-state index in [9.17, 15) is 0 Å². The number of fused-ring (bicyclic) bond motifs is 1. The van der Waals surface area contributed by atoms with Crippen molar-refractivity contribution < 1.29 is 4.74 Å². The monoisotopic (exact) mass is 234 g/mol. The maximum absolute atomic E-state index is 5.81. The van der Waals surface area contributed by atoms with Gasteiger partial charge in [0.2, 0.25) is 5.75 Å². The van der Waals surface area contributed by atoms with Gasteiger partial charge in [-0.15, -0.1) is 0 Å². The molecule has 3 rings (SSSR count). The van der Waals surface area contributed by atoms with E-state index < -0.39 is 0 Å². The van der Waals surface area contributed by atoms with E-state index in [1.807, 2.05) is 0 Å². The molecule has 2 N–H and O–H groups in total. The molecule has 1 aromatic heterocycles. The molecule has 2 heterocycles. The number of nitrogens with zero attached hydrogens (tertiary/aromatic N) is 3. The third-order valence-electron chi connectivity index (χ3n) is 4.04. The van der Waals surface area contributed by atoms with Crippen LogP contribution in [0.5, 0.6) is 5.75 Å². The molecule has 17 heavy (non-hydrogen) atoms. The van der Waals surface area contributed by atoms with Crippen LogP contribution in [-0.4, -0.2) is 30.2 Å². The fraction of sp³-hybridized carbons (Fsp3) is 0.667. The minimum Gasteiger partial charge on any atom is -0.490 e. The topological polar surface area (TPSA) is 64.3 Å². The number of aromatic nitrogens is 2. The second-order valence-corrected chi connectivity index (χ2v) is 4.97. The Balaban J connectivity index is 1.88. The molecule has 1 aromatic rings. The van der Waals surface area contributed by atoms with E-state index >= 15 is 0 Å². The molecule has 0 amide bonds. The standard InChI is InChI=1S/C12H18N4O/c1-17-10-11(13)14-7-15-12(10)16-5-8-3-2-4-9(8)6-16/h7-9H,2-6H2,1H3,(H2,13,14,15). The third kappa shape index (κ3) is 1.69. The molecular weight excluding hydrogens is 216 g/mol. The molecule has 1 saturated heterocycles. The number of rotatable bonds is 2. The fourth-order valence-electron chi connectivity index (χ4n) is 3.21. The van der Waals surface area contributed by atoms with Crippen LogP contribution < -0.4 is 15.4 Å². The van der Waals surface area contributed by atoms with Crippen molar-refractivity contribution in [3.63, 3.8) is 0 Å². The van der Waals surface area contributed by atoms with Gasteiger partial charge in [-0.3, -0.25) is 0 Å². The zero-order valence-corrected chi connectivity index (χ0v) is 10.1. The first-order valence-electron chi connectivity index (χ1n) is 6.19. The van der Waals surface area contributed by atoms with Crippen molar-refractivity contribution in [2.24, 2.45) is 11.8 Å². The lowest BCUT2D eigenvalue weighted by Crippen LogP contribution is -2.23. The van der Waals surface area contributed by atoms with Crippen LogP contribution in [-0.2, 0) is 0 Å². The Morgan fingerprint density at radius 2 is 2.00 bits per heavy atom. The van der Waals surface area contributed by atoms with Crippen molar-refractivity contribution in [1.29, 1.82) is 0 Å². The smallest absolute Gasteiger partial charge is 0.204 e. The van der Waals surface area contributed by atoms with Gasteiger partial charge in [-0.25, -0.2) is 9.97 Å². The minimum atomic E-state index is 0.426. The average Bonchev–Trinajstić information content (AvgIpc) is 2.88. The summed E-state index contributed by atoms with van der Waals surface area (Å²) in [6, 6.07) is 0. The van der Waals surface area contributed by atoms with E-state index in [4.69, 9.17) is 10.5 Å². The van der Waals surface area contributed by atoms with Gasteiger partial charge in [-0.1, -0.05) is 6.42 Å². The Hall–Kier alpha value is -1.52. The lowest BCUT2D eigenvalue weighted by Gasteiger charge is -2.20. The van der Waals surface area contributed by atoms with E-state index in [2.05, 4.69) is 14.9 Å². The minimum absolute atomic E-state index is 0.426. The van der Waals surface area contributed by atoms with Gasteiger partial charge in [-0.05, 0) is 24.7 Å². The maximum Gasteiger partial charge on any atom is 0.204 e. The number of methoxy groups -OCH3 is 1. The van der Waals surface area contributed by atoms with Crippen LogP contribution in [0.25, 0.3) is 0 Å². The summed E-state index contributed by atoms with van der Waals surface area (Å²) in [7, 11) is 1.62. The summed E-state index contributed by atoms with van der Waals surface area (Å²) < 4.78 is 5.32. The number of nitrogen functional groups attached to an aromatic ring is 1. The normalized spacial score (nSPS) is 27.2. The quantitative estimate of drug-likeness (QED) is 0.835. The van der Waals surface area contributed by atoms with E-state index in [1.165, 1.54) is 25.6 Å². The Kier molecular flexibility index (Phi) is 2.53. The lowest BCUT2D eigenvalue weighted by molar-refractivity contribution is 0.413. The molecule has 1 saturated carbocycles. The van der Waals surface area contributed by atoms with Gasteiger partial charge < -0.3 is 15.4 Å². The van der Waals surface area contributed by atoms with Gasteiger partial charge >= 0.3 is 0 Å². The summed E-state index contributed by atoms with van der Waals surface area (Å²) in [5.41, 5.74) is 5.81. The van der Waals surface area contributed by atoms with Crippen molar-refractivity contribution >= 4 is 11.6 Å². The van der Waals surface area contributed by atoms with Gasteiger partial charge in [0.05, 0.1) is 7.11 Å². The first-order chi connectivity index (χ1) is 8.29. The predicted octanol–water partition coefficient (Wildman–Crippen LogP) is 1.30. The number of ether oxygens (including phenoxy) is 1. The molecule has 0 spiro atoms. The summed E-state index contributed by atoms with van der Waals surface area (Å²) in [4.78, 5) is 10.6. The molecule has 2 unspecified atom stereocenters. The first-order valence-corrected chi connectivity index (χ1v) is 6.19. The maximum atomic E-state index is 5.81. The predicted molar refractivity (Wildman–Crippen MR) is 66.0 cm³/mol. The summed E-state index contributed by atoms with van der Waals surface area (Å²) in [6.07, 6.45) is 5.60. The zero-order chi connectivity index (χ0) is 11.8. The van der Waals surface area contributed by atoms with E-state index in [1.54, 1.807) is 7.11 Å². The van der Waals surface area contributed by atoms with Crippen LogP contribution in [0, 0.1) is 11.8 Å². The molecule has 92 valence electrons. The molecule has 0 aromatic carbocycles. The molecule has 1 aliphatic carbocycles. The largest absolute Gasteiger partial charge is 0.490 e. The Bertz CT molecular complexity index is 411. The highest BCUT2D eigenvalue weighted by Crippen LogP contribution is 2.41. The summed E-state index contributed by atoms with van der Waals surface area (Å²) in [6.45, 7) is 2.16. The molecule has 5 heteroatoms. The van der Waals surface area contributed by atoms with Crippen molar-refractivity contribution in [2.45, 2.75) is 19.3 Å². The summed E-state index contributed by atoms with van der Waals surface area (Å²) >= 11 is 0. The zero-order valence-electron chi connectivity index (χ0n) is 10.1. The highest BCUT2D eigenvalue weighted by molar-refractivity contribution is 5.63. The second kappa shape index (κ2) is 4.05. The van der Waals surface area contributed by atoms with Gasteiger partial charge in [0.1, 0.15) is 6.33 Å². The van der Waals surface area contributed by atoms with Crippen molar-refractivity contribution in [2.75, 3.05) is 30.8 Å². The molecular formula is C12H18N4O. The Morgan fingerprint density at radius 1 is 1.29 bits per heavy atom. The SMILES string of the molecule is COc1c(N)ncnc1N1CC2CCCC2C1. The van der Waals surface area contributed by atoms with Gasteiger partial charge in [0.15, 0.2) is 11.6 Å². The van der Waals surface area contributed by atoms with Crippen LogP contribution in [0.2, 0.25) is 0 Å². The second-order valence-electron chi connectivity index (χ2n) is 4.97. The van der Waals surface area contributed by atoms with Crippen molar-refractivity contribution in [1.82, 2.24) is 9.97 Å². The van der Waals surface area contributed by atoms with Gasteiger partial charge in [0.25, 0.3) is 0 Å². The fourth-order valence-corrected chi connectivity index (χ4v) is 3.21. The van der Waals surface area contributed by atoms with Crippen LogP contribution in [0.3, 0.4) is 0 Å². The van der Waals surface area contributed by atoms with Gasteiger partial charge in [0, 0.05) is 13.1 Å². The summed E-state index contributed by atoms with van der Waals surface area (Å²) in [5, 5.41) is 0. The molecule has 0 bridgehead atoms. The summed E-state index contributed by atoms with van der Waals surface area (Å²) in [5.74, 6) is 3.56. The molecule has 5 nitrogen and oxygen atoms in total. The molecule has 2 fully saturated rings. The molecule has 2 atom stereocenters. The van der Waals surface area contributed by atoms with E-state index in [-0.39, 0.29) is 0 Å². The number of hydrogen-bond donors (Lipinski definition) is 1. The van der Waals surface area contributed by atoms with E-state index in [0.717, 1.165) is 30.7 Å². The van der Waals surface area contributed by atoms with E-state index in [0.29, 0.717) is 11.6 Å². The number of hydrogen-bond acceptors (Lipinski definition) is 5. The highest BCUT2D eigenvalue weighted by atomic mass is 16.5. The van der Waals surface area contributed by atoms with Crippen LogP contribution in [0.1, 0.15) is 19.3 Å². The van der Waals surface area contributed by atoms with Gasteiger partial charge in [-0.2, -0.15) is 0 Å². The Labute approximate surface area is 101 Å². The number of nitrogens with two attached hydrogens (primary N) is 1. The van der Waals surface area contributed by atoms with Crippen LogP contribution >= 0.6 is 0 Å². The molecule has 1 aliphatic heterocycles. The number of anilines is 2. The average molecular weight is 234 g/mol. The lowest BCUT2D eigenvalue weighted by atomic mass is 10.0. The van der Waals surface area contributed by atoms with Crippen molar-refractivity contribution in [3.05, 3.63) is 6.33 Å². The molecule has 2 aliphatic rings. The van der Waals surface area contributed by atoms with Crippen LogP contribution in [0.4, 0.5) is 11.6 Å². The molecule has 0 radical (unpaired) electrons.